The van der Waals surface area contributed by atoms with Crippen molar-refractivity contribution in [1.82, 2.24) is 9.55 Å². The van der Waals surface area contributed by atoms with Crippen LogP contribution < -0.4 is 5.56 Å². The van der Waals surface area contributed by atoms with Crippen molar-refractivity contribution in [3.8, 4) is 0 Å². The summed E-state index contributed by atoms with van der Waals surface area (Å²) in [6.07, 6.45) is 3.26. The third-order valence-corrected chi connectivity index (χ3v) is 5.04. The fraction of sp³-hybridized carbons (Fsp3) is 0.316. The van der Waals surface area contributed by atoms with Crippen LogP contribution in [-0.4, -0.2) is 20.6 Å². The Morgan fingerprint density at radius 3 is 2.68 bits per heavy atom. The first-order chi connectivity index (χ1) is 12.1. The van der Waals surface area contributed by atoms with Crippen molar-refractivity contribution in [3.63, 3.8) is 0 Å². The van der Waals surface area contributed by atoms with Crippen LogP contribution in [0.4, 0.5) is 0 Å². The Morgan fingerprint density at radius 1 is 1.24 bits per heavy atom. The SMILES string of the molecule is CCCc1nc2scc(C(=O)O)c2c(=O)n1CCCc1ccccc1. The number of fused-ring (bicyclic) bond motifs is 1. The molecule has 0 aliphatic heterocycles. The van der Waals surface area contributed by atoms with Crippen molar-refractivity contribution in [1.29, 1.82) is 0 Å². The Hall–Kier alpha value is -2.47. The molecule has 6 heteroatoms. The van der Waals surface area contributed by atoms with Crippen LogP contribution in [0.2, 0.25) is 0 Å². The maximum atomic E-state index is 12.9. The average Bonchev–Trinajstić information content (AvgIpc) is 3.03. The predicted molar refractivity (Wildman–Crippen MR) is 99.6 cm³/mol. The standard InChI is InChI=1S/C19H20N2O3S/c1-2-7-15-20-17-16(14(12-25-17)19(23)24)18(22)21(15)11-6-10-13-8-4-3-5-9-13/h3-5,8-9,12H,2,6-7,10-11H2,1H3,(H,23,24). The molecule has 0 radical (unpaired) electrons. The minimum absolute atomic E-state index is 0.0531. The number of carbonyl (C=O) groups is 1. The first kappa shape index (κ1) is 17.4. The van der Waals surface area contributed by atoms with Crippen LogP contribution in [0.5, 0.6) is 0 Å². The van der Waals surface area contributed by atoms with Crippen LogP contribution in [0.15, 0.2) is 40.5 Å². The molecule has 25 heavy (non-hydrogen) atoms. The topological polar surface area (TPSA) is 72.2 Å². The summed E-state index contributed by atoms with van der Waals surface area (Å²) in [5.74, 6) is -0.337. The van der Waals surface area contributed by atoms with Gasteiger partial charge in [-0.05, 0) is 24.8 Å². The van der Waals surface area contributed by atoms with Gasteiger partial charge in [0.1, 0.15) is 10.7 Å². The molecule has 0 unspecified atom stereocenters. The molecule has 2 aromatic heterocycles. The van der Waals surface area contributed by atoms with Crippen LogP contribution in [0.3, 0.4) is 0 Å². The van der Waals surface area contributed by atoms with Gasteiger partial charge < -0.3 is 5.11 Å². The average molecular weight is 356 g/mol. The van der Waals surface area contributed by atoms with Crippen molar-refractivity contribution in [2.75, 3.05) is 0 Å². The zero-order chi connectivity index (χ0) is 17.8. The Bertz CT molecular complexity index is 944. The molecule has 0 fully saturated rings. The van der Waals surface area contributed by atoms with Gasteiger partial charge in [0.2, 0.25) is 0 Å². The molecule has 1 aromatic carbocycles. The lowest BCUT2D eigenvalue weighted by Crippen LogP contribution is -2.26. The van der Waals surface area contributed by atoms with E-state index in [1.807, 2.05) is 25.1 Å². The van der Waals surface area contributed by atoms with E-state index < -0.39 is 5.97 Å². The minimum atomic E-state index is -1.08. The number of carboxylic acids is 1. The number of nitrogens with zero attached hydrogens (tertiary/aromatic N) is 2. The molecule has 0 amide bonds. The van der Waals surface area contributed by atoms with Crippen LogP contribution >= 0.6 is 11.3 Å². The summed E-state index contributed by atoms with van der Waals surface area (Å²) in [4.78, 5) is 29.4. The van der Waals surface area contributed by atoms with Gasteiger partial charge in [-0.3, -0.25) is 9.36 Å². The van der Waals surface area contributed by atoms with E-state index in [0.29, 0.717) is 17.8 Å². The highest BCUT2D eigenvalue weighted by molar-refractivity contribution is 7.17. The van der Waals surface area contributed by atoms with E-state index in [1.165, 1.54) is 22.3 Å². The van der Waals surface area contributed by atoms with Crippen molar-refractivity contribution in [3.05, 3.63) is 63.0 Å². The molecule has 0 aliphatic rings. The van der Waals surface area contributed by atoms with Gasteiger partial charge in [0, 0.05) is 18.3 Å². The second kappa shape index (κ2) is 7.61. The lowest BCUT2D eigenvalue weighted by atomic mass is 10.1. The van der Waals surface area contributed by atoms with Crippen molar-refractivity contribution in [2.24, 2.45) is 0 Å². The first-order valence-corrected chi connectivity index (χ1v) is 9.28. The Balaban J connectivity index is 1.95. The van der Waals surface area contributed by atoms with Crippen molar-refractivity contribution < 1.29 is 9.90 Å². The molecule has 0 saturated heterocycles. The summed E-state index contributed by atoms with van der Waals surface area (Å²) in [6, 6.07) is 10.1. The van der Waals surface area contributed by atoms with Crippen LogP contribution in [0.1, 0.15) is 41.5 Å². The highest BCUT2D eigenvalue weighted by Gasteiger charge is 2.19. The number of hydrogen-bond donors (Lipinski definition) is 1. The van der Waals surface area contributed by atoms with Gasteiger partial charge >= 0.3 is 5.97 Å². The summed E-state index contributed by atoms with van der Waals surface area (Å²) >= 11 is 1.22. The molecule has 0 bridgehead atoms. The number of carboxylic acid groups (broad SMARTS) is 1. The van der Waals surface area contributed by atoms with Gasteiger partial charge in [0.05, 0.1) is 10.9 Å². The second-order valence-corrected chi connectivity index (χ2v) is 6.82. The van der Waals surface area contributed by atoms with E-state index >= 15 is 0 Å². The van der Waals surface area contributed by atoms with Gasteiger partial charge in [0.25, 0.3) is 5.56 Å². The zero-order valence-corrected chi connectivity index (χ0v) is 14.9. The van der Waals surface area contributed by atoms with E-state index in [9.17, 15) is 14.7 Å². The molecule has 0 spiro atoms. The summed E-state index contributed by atoms with van der Waals surface area (Å²) in [7, 11) is 0. The number of thiophene rings is 1. The van der Waals surface area contributed by atoms with E-state index in [0.717, 1.165) is 25.1 Å². The third-order valence-electron chi connectivity index (χ3n) is 4.17. The zero-order valence-electron chi connectivity index (χ0n) is 14.1. The van der Waals surface area contributed by atoms with Crippen LogP contribution in [-0.2, 0) is 19.4 Å². The molecule has 1 N–H and O–H groups in total. The third kappa shape index (κ3) is 3.64. The monoisotopic (exact) mass is 356 g/mol. The van der Waals surface area contributed by atoms with Crippen molar-refractivity contribution in [2.45, 2.75) is 39.2 Å². The number of benzene rings is 1. The number of hydrogen-bond acceptors (Lipinski definition) is 4. The lowest BCUT2D eigenvalue weighted by Gasteiger charge is -2.12. The largest absolute Gasteiger partial charge is 0.478 e. The fourth-order valence-electron chi connectivity index (χ4n) is 2.95. The van der Waals surface area contributed by atoms with Gasteiger partial charge in [-0.25, -0.2) is 9.78 Å². The lowest BCUT2D eigenvalue weighted by molar-refractivity contribution is 0.0699. The van der Waals surface area contributed by atoms with Gasteiger partial charge in [-0.15, -0.1) is 11.3 Å². The molecule has 5 nitrogen and oxygen atoms in total. The van der Waals surface area contributed by atoms with Gasteiger partial charge in [0.15, 0.2) is 0 Å². The molecule has 3 rings (SSSR count). The van der Waals surface area contributed by atoms with Gasteiger partial charge in [-0.2, -0.15) is 0 Å². The molecular weight excluding hydrogens is 336 g/mol. The Morgan fingerprint density at radius 2 is 2.00 bits per heavy atom. The Labute approximate surface area is 149 Å². The summed E-state index contributed by atoms with van der Waals surface area (Å²) < 4.78 is 1.66. The fourth-order valence-corrected chi connectivity index (χ4v) is 3.88. The van der Waals surface area contributed by atoms with E-state index in [-0.39, 0.29) is 16.5 Å². The number of aromatic nitrogens is 2. The second-order valence-electron chi connectivity index (χ2n) is 5.96. The molecule has 0 aliphatic carbocycles. The minimum Gasteiger partial charge on any atom is -0.478 e. The highest BCUT2D eigenvalue weighted by Crippen LogP contribution is 2.22. The molecule has 130 valence electrons. The smallest absolute Gasteiger partial charge is 0.337 e. The maximum Gasteiger partial charge on any atom is 0.337 e. The molecule has 0 atom stereocenters. The van der Waals surface area contributed by atoms with E-state index in [1.54, 1.807) is 4.57 Å². The quantitative estimate of drug-likeness (QED) is 0.700. The summed E-state index contributed by atoms with van der Waals surface area (Å²) in [5, 5.41) is 11.1. The Kier molecular flexibility index (Phi) is 5.28. The first-order valence-electron chi connectivity index (χ1n) is 8.40. The maximum absolute atomic E-state index is 12.9. The number of aromatic carboxylic acids is 1. The van der Waals surface area contributed by atoms with Crippen molar-refractivity contribution >= 4 is 27.5 Å². The van der Waals surface area contributed by atoms with Crippen LogP contribution in [0.25, 0.3) is 10.2 Å². The predicted octanol–water partition coefficient (Wildman–Crippen LogP) is 3.74. The molecule has 2 heterocycles. The molecule has 3 aromatic rings. The summed E-state index contributed by atoms with van der Waals surface area (Å²) in [6.45, 7) is 2.59. The highest BCUT2D eigenvalue weighted by atomic mass is 32.1. The van der Waals surface area contributed by atoms with Gasteiger partial charge in [-0.1, -0.05) is 37.3 Å². The normalized spacial score (nSPS) is 11.1. The number of aryl methyl sites for hydroxylation is 2. The van der Waals surface area contributed by atoms with E-state index in [4.69, 9.17) is 0 Å². The number of rotatable bonds is 7. The molecular formula is C19H20N2O3S. The van der Waals surface area contributed by atoms with Crippen LogP contribution in [0, 0.1) is 0 Å². The van der Waals surface area contributed by atoms with E-state index in [2.05, 4.69) is 17.1 Å². The summed E-state index contributed by atoms with van der Waals surface area (Å²) in [5.41, 5.74) is 1.04. The molecule has 0 saturated carbocycles.